The third kappa shape index (κ3) is 3.80. The van der Waals surface area contributed by atoms with E-state index in [4.69, 9.17) is 4.74 Å². The van der Waals surface area contributed by atoms with Crippen molar-refractivity contribution in [2.24, 2.45) is 0 Å². The molecule has 0 atom stereocenters. The fourth-order valence-corrected chi connectivity index (χ4v) is 3.46. The number of amides is 1. The van der Waals surface area contributed by atoms with Crippen molar-refractivity contribution in [1.29, 1.82) is 0 Å². The highest BCUT2D eigenvalue weighted by Crippen LogP contribution is 2.33. The lowest BCUT2D eigenvalue weighted by Crippen LogP contribution is -2.27. The molecular weight excluding hydrogens is 395 g/mol. The third-order valence-corrected chi connectivity index (χ3v) is 4.84. The molecule has 4 rings (SSSR count). The molecule has 3 heterocycles. The summed E-state index contributed by atoms with van der Waals surface area (Å²) in [4.78, 5) is 20.2. The Balaban J connectivity index is 1.46. The SMILES string of the molecule is O=C(NCCc1nc2c(c(C(F)(F)F)n1)COCC2)c1ccc2nsnc2c1. The highest BCUT2D eigenvalue weighted by atomic mass is 32.1. The first-order valence-electron chi connectivity index (χ1n) is 8.46. The first kappa shape index (κ1) is 18.7. The van der Waals surface area contributed by atoms with Crippen LogP contribution in [0.1, 0.15) is 33.1 Å². The quantitative estimate of drug-likeness (QED) is 0.712. The van der Waals surface area contributed by atoms with Crippen LogP contribution in [0.25, 0.3) is 11.0 Å². The van der Waals surface area contributed by atoms with Gasteiger partial charge in [-0.1, -0.05) is 0 Å². The predicted molar refractivity (Wildman–Crippen MR) is 93.8 cm³/mol. The van der Waals surface area contributed by atoms with Crippen molar-refractivity contribution in [3.63, 3.8) is 0 Å². The Hall–Kier alpha value is -2.66. The fraction of sp³-hybridized carbons (Fsp3) is 0.353. The van der Waals surface area contributed by atoms with E-state index in [2.05, 4.69) is 24.0 Å². The van der Waals surface area contributed by atoms with Gasteiger partial charge in [0.2, 0.25) is 0 Å². The maximum absolute atomic E-state index is 13.3. The van der Waals surface area contributed by atoms with Crippen LogP contribution in [0.15, 0.2) is 18.2 Å². The van der Waals surface area contributed by atoms with Crippen LogP contribution in [0, 0.1) is 0 Å². The number of halogens is 3. The number of rotatable bonds is 4. The zero-order chi connectivity index (χ0) is 19.7. The van der Waals surface area contributed by atoms with Gasteiger partial charge < -0.3 is 10.1 Å². The number of carbonyl (C=O) groups excluding carboxylic acids is 1. The van der Waals surface area contributed by atoms with E-state index < -0.39 is 11.9 Å². The van der Waals surface area contributed by atoms with Crippen molar-refractivity contribution in [1.82, 2.24) is 24.0 Å². The highest BCUT2D eigenvalue weighted by molar-refractivity contribution is 7.00. The second kappa shape index (κ2) is 7.40. The van der Waals surface area contributed by atoms with Crippen molar-refractivity contribution in [2.45, 2.75) is 25.6 Å². The molecule has 0 aliphatic carbocycles. The van der Waals surface area contributed by atoms with Crippen LogP contribution < -0.4 is 5.32 Å². The van der Waals surface area contributed by atoms with E-state index in [1.54, 1.807) is 18.2 Å². The zero-order valence-corrected chi connectivity index (χ0v) is 15.2. The molecule has 0 saturated carbocycles. The van der Waals surface area contributed by atoms with Crippen LogP contribution in [-0.2, 0) is 30.4 Å². The average molecular weight is 409 g/mol. The van der Waals surface area contributed by atoms with Crippen LogP contribution in [0.5, 0.6) is 0 Å². The number of hydrogen-bond donors (Lipinski definition) is 1. The number of aromatic nitrogens is 4. The molecule has 0 unspecified atom stereocenters. The number of ether oxygens (including phenoxy) is 1. The van der Waals surface area contributed by atoms with E-state index in [0.717, 1.165) is 11.7 Å². The zero-order valence-electron chi connectivity index (χ0n) is 14.4. The normalized spacial score (nSPS) is 14.1. The number of nitrogens with zero attached hydrogens (tertiary/aromatic N) is 4. The molecule has 0 bridgehead atoms. The predicted octanol–water partition coefficient (Wildman–Crippen LogP) is 2.55. The topological polar surface area (TPSA) is 89.9 Å². The van der Waals surface area contributed by atoms with Crippen LogP contribution in [0.3, 0.4) is 0 Å². The van der Waals surface area contributed by atoms with E-state index in [-0.39, 0.29) is 36.9 Å². The number of nitrogens with one attached hydrogen (secondary N) is 1. The van der Waals surface area contributed by atoms with E-state index in [1.165, 1.54) is 0 Å². The van der Waals surface area contributed by atoms with Gasteiger partial charge in [0.15, 0.2) is 5.69 Å². The smallest absolute Gasteiger partial charge is 0.376 e. The molecule has 1 aromatic carbocycles. The summed E-state index contributed by atoms with van der Waals surface area (Å²) in [5.41, 5.74) is 1.12. The second-order valence-corrected chi connectivity index (χ2v) is 6.72. The molecule has 0 saturated heterocycles. The Labute approximate surface area is 161 Å². The minimum Gasteiger partial charge on any atom is -0.376 e. The molecule has 1 N–H and O–H groups in total. The number of hydrogen-bond acceptors (Lipinski definition) is 7. The molecule has 7 nitrogen and oxygen atoms in total. The molecule has 0 radical (unpaired) electrons. The highest BCUT2D eigenvalue weighted by Gasteiger charge is 2.38. The van der Waals surface area contributed by atoms with Crippen molar-refractivity contribution in [3.05, 3.63) is 46.5 Å². The molecule has 2 aromatic heterocycles. The van der Waals surface area contributed by atoms with Crippen molar-refractivity contribution < 1.29 is 22.7 Å². The van der Waals surface area contributed by atoms with Gasteiger partial charge in [-0.15, -0.1) is 0 Å². The van der Waals surface area contributed by atoms with E-state index >= 15 is 0 Å². The first-order chi connectivity index (χ1) is 13.4. The summed E-state index contributed by atoms with van der Waals surface area (Å²) < 4.78 is 53.2. The summed E-state index contributed by atoms with van der Waals surface area (Å²) in [7, 11) is 0. The largest absolute Gasteiger partial charge is 0.433 e. The monoisotopic (exact) mass is 409 g/mol. The maximum atomic E-state index is 13.3. The molecule has 3 aromatic rings. The lowest BCUT2D eigenvalue weighted by atomic mass is 10.1. The number of alkyl halides is 3. The van der Waals surface area contributed by atoms with Gasteiger partial charge in [0.1, 0.15) is 16.9 Å². The van der Waals surface area contributed by atoms with Crippen LogP contribution in [0.2, 0.25) is 0 Å². The summed E-state index contributed by atoms with van der Waals surface area (Å²) in [6.45, 7) is 0.291. The number of fused-ring (bicyclic) bond motifs is 2. The van der Waals surface area contributed by atoms with Crippen molar-refractivity contribution in [2.75, 3.05) is 13.2 Å². The molecule has 0 spiro atoms. The summed E-state index contributed by atoms with van der Waals surface area (Å²) in [5, 5.41) is 2.67. The average Bonchev–Trinajstić information content (AvgIpc) is 3.14. The Morgan fingerprint density at radius 1 is 1.21 bits per heavy atom. The van der Waals surface area contributed by atoms with Gasteiger partial charge in [-0.25, -0.2) is 9.97 Å². The van der Waals surface area contributed by atoms with Crippen LogP contribution in [-0.4, -0.2) is 37.8 Å². The van der Waals surface area contributed by atoms with Crippen LogP contribution in [0.4, 0.5) is 13.2 Å². The molecule has 1 amide bonds. The van der Waals surface area contributed by atoms with Gasteiger partial charge in [0.05, 0.1) is 30.6 Å². The summed E-state index contributed by atoms with van der Waals surface area (Å²) in [6, 6.07) is 4.93. The minimum atomic E-state index is -4.58. The molecule has 11 heteroatoms. The van der Waals surface area contributed by atoms with Gasteiger partial charge in [0, 0.05) is 30.5 Å². The Morgan fingerprint density at radius 3 is 2.86 bits per heavy atom. The van der Waals surface area contributed by atoms with E-state index in [9.17, 15) is 18.0 Å². The Kier molecular flexibility index (Phi) is 4.94. The summed E-state index contributed by atoms with van der Waals surface area (Å²) in [5.74, 6) is -0.301. The van der Waals surface area contributed by atoms with Gasteiger partial charge in [-0.3, -0.25) is 4.79 Å². The molecular formula is C17H14F3N5O2S. The summed E-state index contributed by atoms with van der Waals surface area (Å²) >= 11 is 1.05. The fourth-order valence-electron chi connectivity index (χ4n) is 2.94. The van der Waals surface area contributed by atoms with Gasteiger partial charge in [0.25, 0.3) is 5.91 Å². The Morgan fingerprint density at radius 2 is 2.04 bits per heavy atom. The van der Waals surface area contributed by atoms with Gasteiger partial charge in [-0.05, 0) is 18.2 Å². The number of carbonyl (C=O) groups is 1. The van der Waals surface area contributed by atoms with Crippen molar-refractivity contribution in [3.8, 4) is 0 Å². The molecule has 0 fully saturated rings. The molecule has 146 valence electrons. The lowest BCUT2D eigenvalue weighted by Gasteiger charge is -2.20. The summed E-state index contributed by atoms with van der Waals surface area (Å²) in [6.07, 6.45) is -4.19. The Bertz CT molecular complexity index is 1040. The van der Waals surface area contributed by atoms with Crippen molar-refractivity contribution >= 4 is 28.7 Å². The standard InChI is InChI=1S/C17H14F3N5O2S/c18-17(19,20)15-10-8-27-6-4-11(10)22-14(23-15)3-5-21-16(26)9-1-2-12-13(7-9)25-28-24-12/h1-2,7H,3-6,8H2,(H,21,26). The van der Waals surface area contributed by atoms with E-state index in [0.29, 0.717) is 35.3 Å². The number of benzene rings is 1. The minimum absolute atomic E-state index is 0.00305. The molecule has 1 aliphatic rings. The van der Waals surface area contributed by atoms with E-state index in [1.807, 2.05) is 0 Å². The molecule has 28 heavy (non-hydrogen) atoms. The third-order valence-electron chi connectivity index (χ3n) is 4.29. The first-order valence-corrected chi connectivity index (χ1v) is 9.19. The van der Waals surface area contributed by atoms with Crippen LogP contribution >= 0.6 is 11.7 Å². The lowest BCUT2D eigenvalue weighted by molar-refractivity contribution is -0.143. The molecule has 1 aliphatic heterocycles. The maximum Gasteiger partial charge on any atom is 0.433 e. The second-order valence-electron chi connectivity index (χ2n) is 6.19. The van der Waals surface area contributed by atoms with Gasteiger partial charge >= 0.3 is 6.18 Å². The van der Waals surface area contributed by atoms with Gasteiger partial charge in [-0.2, -0.15) is 21.9 Å².